The number of carbonyl (C=O) groups is 2. The van der Waals surface area contributed by atoms with Gasteiger partial charge in [-0.25, -0.2) is 9.59 Å². The number of carbonyl (C=O) groups excluding carboxylic acids is 2. The summed E-state index contributed by atoms with van der Waals surface area (Å²) in [5, 5.41) is 17.9. The summed E-state index contributed by atoms with van der Waals surface area (Å²) in [6.45, 7) is 15.8. The largest absolute Gasteiger partial charge is 0.490 e. The Morgan fingerprint density at radius 3 is 0.957 bits per heavy atom. The van der Waals surface area contributed by atoms with Crippen LogP contribution in [-0.4, -0.2) is 51.6 Å². The number of unbranched alkanes of at least 4 members (excludes halogenated alkanes) is 6. The lowest BCUT2D eigenvalue weighted by atomic mass is 10.2. The van der Waals surface area contributed by atoms with Crippen LogP contribution in [0.2, 0.25) is 0 Å². The Labute approximate surface area is 413 Å². The van der Waals surface area contributed by atoms with Crippen molar-refractivity contribution in [2.24, 2.45) is 20.5 Å². The van der Waals surface area contributed by atoms with Gasteiger partial charge >= 0.3 is 11.9 Å². The molecule has 0 unspecified atom stereocenters. The summed E-state index contributed by atoms with van der Waals surface area (Å²) in [5.74, 6) is 2.70. The first-order chi connectivity index (χ1) is 34.3. The van der Waals surface area contributed by atoms with Gasteiger partial charge in [0.15, 0.2) is 23.0 Å². The normalized spacial score (nSPS) is 11.2. The summed E-state index contributed by atoms with van der Waals surface area (Å²) in [6, 6.07) is 26.7. The van der Waals surface area contributed by atoms with Crippen molar-refractivity contribution in [2.75, 3.05) is 39.6 Å². The van der Waals surface area contributed by atoms with E-state index in [2.05, 4.69) is 62.0 Å². The van der Waals surface area contributed by atoms with Gasteiger partial charge in [-0.15, -0.1) is 10.2 Å². The molecule has 0 bridgehead atoms. The molecule has 0 saturated carbocycles. The number of rotatable bonds is 32. The van der Waals surface area contributed by atoms with Crippen molar-refractivity contribution in [2.45, 2.75) is 119 Å². The third-order valence-electron chi connectivity index (χ3n) is 10.6. The van der Waals surface area contributed by atoms with Gasteiger partial charge in [-0.2, -0.15) is 10.2 Å². The molecule has 14 heteroatoms. The van der Waals surface area contributed by atoms with Crippen LogP contribution in [0, 0.1) is 0 Å². The van der Waals surface area contributed by atoms with E-state index in [-0.39, 0.29) is 11.5 Å². The molecule has 14 nitrogen and oxygen atoms in total. The zero-order valence-electron chi connectivity index (χ0n) is 41.8. The van der Waals surface area contributed by atoms with Gasteiger partial charge in [0, 0.05) is 0 Å². The Kier molecular flexibility index (Phi) is 23.5. The molecular formula is C56H70N4O10. The molecule has 0 radical (unpaired) electrons. The van der Waals surface area contributed by atoms with Crippen molar-refractivity contribution in [1.29, 1.82) is 0 Å². The molecule has 0 aliphatic heterocycles. The summed E-state index contributed by atoms with van der Waals surface area (Å²) >= 11 is 0. The SMILES string of the molecule is CCCCOc1ccc(N=Nc2ccc(C(=O)Oc3ccc(OC(=O)c4ccc(N=Nc5ccc(OCCCC)c(OCCCC)c5OCCCC)cc4)cc3)cc2)c(OCCCC)c1OCCCC. The van der Waals surface area contributed by atoms with Gasteiger partial charge in [-0.05, 0) is 136 Å². The van der Waals surface area contributed by atoms with Gasteiger partial charge in [-0.3, -0.25) is 0 Å². The fourth-order valence-corrected chi connectivity index (χ4v) is 6.39. The number of nitrogens with zero attached hydrogens (tertiary/aromatic N) is 4. The maximum Gasteiger partial charge on any atom is 0.343 e. The standard InChI is InChI=1S/C56H70N4O10/c1-7-13-35-63-49-33-31-47(51(65-37-15-9-3)53(49)67-39-17-11-5)59-57-43-23-19-41(20-24-43)55(61)69-45-27-29-46(30-28-45)70-56(62)42-21-25-44(26-22-42)58-60-48-32-34-50(64-36-14-8-2)54(68-40-18-12-6)52(48)66-38-16-10-4/h19-34H,7-18,35-40H2,1-6H3. The van der Waals surface area contributed by atoms with E-state index in [4.69, 9.17) is 37.9 Å². The van der Waals surface area contributed by atoms with E-state index < -0.39 is 11.9 Å². The monoisotopic (exact) mass is 959 g/mol. The molecule has 374 valence electrons. The second-order valence-electron chi connectivity index (χ2n) is 16.4. The average Bonchev–Trinajstić information content (AvgIpc) is 3.38. The van der Waals surface area contributed by atoms with E-state index >= 15 is 0 Å². The van der Waals surface area contributed by atoms with Crippen LogP contribution in [0.3, 0.4) is 0 Å². The minimum atomic E-state index is -0.570. The molecule has 0 spiro atoms. The first-order valence-corrected chi connectivity index (χ1v) is 25.0. The van der Waals surface area contributed by atoms with Crippen LogP contribution in [0.15, 0.2) is 118 Å². The molecule has 0 fully saturated rings. The van der Waals surface area contributed by atoms with Gasteiger partial charge < -0.3 is 37.9 Å². The van der Waals surface area contributed by atoms with Crippen molar-refractivity contribution in [3.8, 4) is 46.0 Å². The van der Waals surface area contributed by atoms with Gasteiger partial charge in [0.1, 0.15) is 22.9 Å². The van der Waals surface area contributed by atoms with E-state index in [0.717, 1.165) is 77.0 Å². The maximum atomic E-state index is 13.1. The number of azo groups is 2. The van der Waals surface area contributed by atoms with Crippen LogP contribution in [0.1, 0.15) is 139 Å². The van der Waals surface area contributed by atoms with Gasteiger partial charge in [-0.1, -0.05) is 80.1 Å². The van der Waals surface area contributed by atoms with Crippen molar-refractivity contribution in [3.63, 3.8) is 0 Å². The van der Waals surface area contributed by atoms with Gasteiger partial charge in [0.05, 0.1) is 62.1 Å². The minimum absolute atomic E-state index is 0.273. The summed E-state index contributed by atoms with van der Waals surface area (Å²) in [6.07, 6.45) is 11.3. The molecule has 0 atom stereocenters. The quantitative estimate of drug-likeness (QED) is 0.0176. The molecule has 0 N–H and O–H groups in total. The van der Waals surface area contributed by atoms with Crippen LogP contribution in [-0.2, 0) is 0 Å². The van der Waals surface area contributed by atoms with E-state index in [1.54, 1.807) is 72.8 Å². The highest BCUT2D eigenvalue weighted by atomic mass is 16.6. The van der Waals surface area contributed by atoms with Crippen LogP contribution < -0.4 is 37.9 Å². The Bertz CT molecular complexity index is 2240. The fraction of sp³-hybridized carbons (Fsp3) is 0.429. The smallest absolute Gasteiger partial charge is 0.343 e. The lowest BCUT2D eigenvalue weighted by Gasteiger charge is -2.18. The van der Waals surface area contributed by atoms with E-state index in [1.165, 1.54) is 0 Å². The Morgan fingerprint density at radius 1 is 0.343 bits per heavy atom. The van der Waals surface area contributed by atoms with Gasteiger partial charge in [0.2, 0.25) is 11.5 Å². The molecule has 0 aromatic heterocycles. The first kappa shape index (κ1) is 54.0. The zero-order chi connectivity index (χ0) is 49.8. The zero-order valence-corrected chi connectivity index (χ0v) is 41.8. The average molecular weight is 959 g/mol. The third-order valence-corrected chi connectivity index (χ3v) is 10.6. The number of benzene rings is 5. The summed E-state index contributed by atoms with van der Waals surface area (Å²) < 4.78 is 48.3. The molecule has 0 aliphatic carbocycles. The number of hydrogen-bond donors (Lipinski definition) is 0. The highest BCUT2D eigenvalue weighted by Gasteiger charge is 2.21. The van der Waals surface area contributed by atoms with Crippen LogP contribution in [0.4, 0.5) is 22.7 Å². The molecule has 0 aliphatic rings. The van der Waals surface area contributed by atoms with Crippen molar-refractivity contribution in [3.05, 3.63) is 108 Å². The summed E-state index contributed by atoms with van der Waals surface area (Å²) in [4.78, 5) is 26.2. The Morgan fingerprint density at radius 2 is 0.643 bits per heavy atom. The molecular weight excluding hydrogens is 889 g/mol. The van der Waals surface area contributed by atoms with E-state index in [9.17, 15) is 9.59 Å². The van der Waals surface area contributed by atoms with Crippen LogP contribution in [0.5, 0.6) is 46.0 Å². The van der Waals surface area contributed by atoms with E-state index in [0.29, 0.717) is 108 Å². The molecule has 0 heterocycles. The number of hydrogen-bond acceptors (Lipinski definition) is 14. The molecule has 0 amide bonds. The predicted molar refractivity (Wildman–Crippen MR) is 273 cm³/mol. The van der Waals surface area contributed by atoms with Crippen molar-refractivity contribution in [1.82, 2.24) is 0 Å². The number of ether oxygens (including phenoxy) is 8. The van der Waals surface area contributed by atoms with Crippen molar-refractivity contribution >= 4 is 34.7 Å². The fourth-order valence-electron chi connectivity index (χ4n) is 6.39. The second kappa shape index (κ2) is 30.5. The van der Waals surface area contributed by atoms with Crippen molar-refractivity contribution < 1.29 is 47.5 Å². The maximum absolute atomic E-state index is 13.1. The predicted octanol–water partition coefficient (Wildman–Crippen LogP) is 16.0. The third kappa shape index (κ3) is 17.2. The van der Waals surface area contributed by atoms with Gasteiger partial charge in [0.25, 0.3) is 0 Å². The van der Waals surface area contributed by atoms with Crippen LogP contribution in [0.25, 0.3) is 0 Å². The highest BCUT2D eigenvalue weighted by Crippen LogP contribution is 2.47. The summed E-state index contributed by atoms with van der Waals surface area (Å²) in [5.41, 5.74) is 2.70. The molecule has 5 aromatic carbocycles. The first-order valence-electron chi connectivity index (χ1n) is 25.0. The van der Waals surface area contributed by atoms with Crippen LogP contribution >= 0.6 is 0 Å². The lowest BCUT2D eigenvalue weighted by molar-refractivity contribution is 0.0719. The highest BCUT2D eigenvalue weighted by molar-refractivity contribution is 5.92. The Hall–Kier alpha value is -6.96. The second-order valence-corrected chi connectivity index (χ2v) is 16.4. The molecule has 0 saturated heterocycles. The topological polar surface area (TPSA) is 157 Å². The molecule has 5 aromatic rings. The molecule has 70 heavy (non-hydrogen) atoms. The molecule has 5 rings (SSSR count). The lowest BCUT2D eigenvalue weighted by Crippen LogP contribution is -2.09. The Balaban J connectivity index is 1.19. The minimum Gasteiger partial charge on any atom is -0.490 e. The van der Waals surface area contributed by atoms with E-state index in [1.807, 2.05) is 24.3 Å². The number of esters is 2. The summed E-state index contributed by atoms with van der Waals surface area (Å²) in [7, 11) is 0.